The minimum absolute atomic E-state index is 0.110. The smallest absolute Gasteiger partial charge is 0.406 e. The van der Waals surface area contributed by atoms with Crippen LogP contribution in [0.25, 0.3) is 0 Å². The summed E-state index contributed by atoms with van der Waals surface area (Å²) in [5, 5.41) is 1.83. The molecule has 0 spiro atoms. The van der Waals surface area contributed by atoms with Gasteiger partial charge in [-0.15, -0.1) is 13.2 Å². The van der Waals surface area contributed by atoms with Crippen molar-refractivity contribution in [2.24, 2.45) is 0 Å². The van der Waals surface area contributed by atoms with Crippen LogP contribution in [0, 0.1) is 0 Å². The molecular formula is C12H12B2F3NO2. The summed E-state index contributed by atoms with van der Waals surface area (Å²) in [6.45, 7) is 0.664. The van der Waals surface area contributed by atoms with E-state index in [9.17, 15) is 13.2 Å². The Morgan fingerprint density at radius 3 is 2.50 bits per heavy atom. The van der Waals surface area contributed by atoms with Gasteiger partial charge in [-0.2, -0.15) is 0 Å². The van der Waals surface area contributed by atoms with E-state index >= 15 is 0 Å². The molecule has 104 valence electrons. The molecule has 1 saturated heterocycles. The molecule has 1 atom stereocenters. The van der Waals surface area contributed by atoms with Crippen LogP contribution < -0.4 is 10.1 Å². The summed E-state index contributed by atoms with van der Waals surface area (Å²) in [5.41, 5.74) is 0.749. The van der Waals surface area contributed by atoms with E-state index in [0.29, 0.717) is 13.0 Å². The van der Waals surface area contributed by atoms with E-state index in [2.05, 4.69) is 10.1 Å². The van der Waals surface area contributed by atoms with Crippen LogP contribution in [-0.4, -0.2) is 40.5 Å². The first-order valence-electron chi connectivity index (χ1n) is 6.05. The molecule has 1 aliphatic rings. The van der Waals surface area contributed by atoms with Gasteiger partial charge < -0.3 is 14.8 Å². The highest BCUT2D eigenvalue weighted by atomic mass is 19.4. The fourth-order valence-corrected chi connectivity index (χ4v) is 1.96. The first kappa shape index (κ1) is 15.3. The lowest BCUT2D eigenvalue weighted by atomic mass is 9.62. The Morgan fingerprint density at radius 2 is 1.90 bits per heavy atom. The number of benzene rings is 1. The summed E-state index contributed by atoms with van der Waals surface area (Å²) in [5.74, 6) is -0.264. The van der Waals surface area contributed by atoms with Crippen molar-refractivity contribution in [2.75, 3.05) is 13.2 Å². The molecule has 8 heteroatoms. The van der Waals surface area contributed by atoms with Crippen LogP contribution in [0.5, 0.6) is 5.75 Å². The SMILES string of the molecule is [B]C1([B])CO[C@@H](c2ccc(OC(F)(F)F)cc2)CCN1. The molecule has 0 unspecified atom stereocenters. The Bertz CT molecular complexity index is 451. The van der Waals surface area contributed by atoms with Crippen molar-refractivity contribution in [1.29, 1.82) is 0 Å². The van der Waals surface area contributed by atoms with E-state index < -0.39 is 11.7 Å². The Morgan fingerprint density at radius 1 is 1.25 bits per heavy atom. The van der Waals surface area contributed by atoms with Gasteiger partial charge in [-0.3, -0.25) is 0 Å². The molecule has 0 bridgehead atoms. The van der Waals surface area contributed by atoms with Gasteiger partial charge in [0, 0.05) is 6.61 Å². The topological polar surface area (TPSA) is 30.5 Å². The second kappa shape index (κ2) is 5.69. The summed E-state index contributed by atoms with van der Waals surface area (Å²) < 4.78 is 45.5. The highest BCUT2D eigenvalue weighted by molar-refractivity contribution is 6.40. The van der Waals surface area contributed by atoms with Gasteiger partial charge in [-0.05, 0) is 36.0 Å². The highest BCUT2D eigenvalue weighted by Crippen LogP contribution is 2.28. The van der Waals surface area contributed by atoms with E-state index in [4.69, 9.17) is 20.4 Å². The van der Waals surface area contributed by atoms with Crippen molar-refractivity contribution < 1.29 is 22.6 Å². The van der Waals surface area contributed by atoms with E-state index in [1.54, 1.807) is 0 Å². The predicted molar refractivity (Wildman–Crippen MR) is 68.7 cm³/mol. The average molecular weight is 281 g/mol. The van der Waals surface area contributed by atoms with Gasteiger partial charge in [-0.25, -0.2) is 0 Å². The van der Waals surface area contributed by atoms with Crippen LogP contribution >= 0.6 is 0 Å². The zero-order valence-corrected chi connectivity index (χ0v) is 10.6. The van der Waals surface area contributed by atoms with E-state index in [-0.39, 0.29) is 18.5 Å². The van der Waals surface area contributed by atoms with Gasteiger partial charge in [-0.1, -0.05) is 12.1 Å². The first-order valence-corrected chi connectivity index (χ1v) is 6.05. The number of hydrogen-bond donors (Lipinski definition) is 1. The average Bonchev–Trinajstić information content (AvgIpc) is 2.49. The fraction of sp³-hybridized carbons (Fsp3) is 0.500. The lowest BCUT2D eigenvalue weighted by molar-refractivity contribution is -0.274. The van der Waals surface area contributed by atoms with Crippen molar-refractivity contribution in [1.82, 2.24) is 5.32 Å². The van der Waals surface area contributed by atoms with Crippen LogP contribution in [0.2, 0.25) is 0 Å². The number of halogens is 3. The third-order valence-corrected chi connectivity index (χ3v) is 2.87. The van der Waals surface area contributed by atoms with Crippen molar-refractivity contribution in [3.63, 3.8) is 0 Å². The summed E-state index contributed by atoms with van der Waals surface area (Å²) in [6, 6.07) is 5.57. The van der Waals surface area contributed by atoms with Crippen molar-refractivity contribution >= 4 is 15.7 Å². The fourth-order valence-electron chi connectivity index (χ4n) is 1.96. The van der Waals surface area contributed by atoms with E-state index in [0.717, 1.165) is 5.56 Å². The molecule has 1 fully saturated rings. The normalized spacial score (nSPS) is 23.1. The third kappa shape index (κ3) is 4.45. The zero-order chi connectivity index (χ0) is 14.8. The molecule has 0 saturated carbocycles. The molecule has 1 aromatic carbocycles. The molecule has 0 aliphatic carbocycles. The standard InChI is InChI=1S/C12H12B2F3NO2/c13-11(14)7-19-10(5-6-18-11)8-1-3-9(4-2-8)20-12(15,16)17/h1-4,10,18H,5-7H2/t10-/m1/s1. The van der Waals surface area contributed by atoms with Crippen LogP contribution in [0.1, 0.15) is 18.1 Å². The van der Waals surface area contributed by atoms with Crippen molar-refractivity contribution in [2.45, 2.75) is 24.2 Å². The van der Waals surface area contributed by atoms with Crippen LogP contribution in [0.3, 0.4) is 0 Å². The van der Waals surface area contributed by atoms with Crippen molar-refractivity contribution in [3.8, 4) is 5.75 Å². The molecule has 4 radical (unpaired) electrons. The minimum atomic E-state index is -4.69. The monoisotopic (exact) mass is 281 g/mol. The highest BCUT2D eigenvalue weighted by Gasteiger charge is 2.31. The van der Waals surface area contributed by atoms with Crippen LogP contribution in [-0.2, 0) is 4.74 Å². The molecule has 1 aromatic rings. The lowest BCUT2D eigenvalue weighted by Gasteiger charge is -2.24. The maximum absolute atomic E-state index is 12.1. The Kier molecular flexibility index (Phi) is 4.34. The van der Waals surface area contributed by atoms with Crippen molar-refractivity contribution in [3.05, 3.63) is 29.8 Å². The predicted octanol–water partition coefficient (Wildman–Crippen LogP) is 1.63. The summed E-state index contributed by atoms with van der Waals surface area (Å²) in [7, 11) is 11.4. The largest absolute Gasteiger partial charge is 0.573 e. The molecule has 1 aliphatic heterocycles. The van der Waals surface area contributed by atoms with E-state index in [1.165, 1.54) is 24.3 Å². The summed E-state index contributed by atoms with van der Waals surface area (Å²) >= 11 is 0. The quantitative estimate of drug-likeness (QED) is 0.836. The number of rotatable bonds is 2. The molecule has 0 aromatic heterocycles. The number of alkyl halides is 3. The zero-order valence-electron chi connectivity index (χ0n) is 10.6. The van der Waals surface area contributed by atoms with Crippen LogP contribution in [0.4, 0.5) is 13.2 Å². The molecule has 1 N–H and O–H groups in total. The van der Waals surface area contributed by atoms with Gasteiger partial charge in [0.05, 0.1) is 21.8 Å². The van der Waals surface area contributed by atoms with Gasteiger partial charge >= 0.3 is 6.36 Å². The Labute approximate surface area is 117 Å². The summed E-state index contributed by atoms with van der Waals surface area (Å²) in [6.07, 6.45) is -4.34. The number of ether oxygens (including phenoxy) is 2. The number of nitrogens with one attached hydrogen (secondary N) is 1. The Hall–Kier alpha value is -1.14. The van der Waals surface area contributed by atoms with Gasteiger partial charge in [0.2, 0.25) is 0 Å². The molecule has 1 heterocycles. The molecule has 2 rings (SSSR count). The second-order valence-corrected chi connectivity index (χ2v) is 4.67. The summed E-state index contributed by atoms with van der Waals surface area (Å²) in [4.78, 5) is 0. The van der Waals surface area contributed by atoms with Gasteiger partial charge in [0.1, 0.15) is 5.75 Å². The van der Waals surface area contributed by atoms with Crippen LogP contribution in [0.15, 0.2) is 24.3 Å². The third-order valence-electron chi connectivity index (χ3n) is 2.87. The first-order chi connectivity index (χ1) is 9.25. The minimum Gasteiger partial charge on any atom is -0.406 e. The van der Waals surface area contributed by atoms with E-state index in [1.807, 2.05) is 0 Å². The molecular weight excluding hydrogens is 269 g/mol. The van der Waals surface area contributed by atoms with Gasteiger partial charge in [0.15, 0.2) is 0 Å². The number of hydrogen-bond acceptors (Lipinski definition) is 3. The van der Waals surface area contributed by atoms with Gasteiger partial charge in [0.25, 0.3) is 0 Å². The maximum Gasteiger partial charge on any atom is 0.573 e. The Balaban J connectivity index is 2.03. The lowest BCUT2D eigenvalue weighted by Crippen LogP contribution is -2.49. The second-order valence-electron chi connectivity index (χ2n) is 4.67. The maximum atomic E-state index is 12.1. The molecule has 0 amide bonds. The molecule has 20 heavy (non-hydrogen) atoms. The molecule has 3 nitrogen and oxygen atoms in total.